The summed E-state index contributed by atoms with van der Waals surface area (Å²) in [5, 5.41) is 5.29. The fraction of sp³-hybridized carbons (Fsp3) is 0.0625. The summed E-state index contributed by atoms with van der Waals surface area (Å²) in [6.07, 6.45) is 2.05. The number of carbonyl (C=O) groups excluding carboxylic acids is 1. The van der Waals surface area contributed by atoms with Gasteiger partial charge in [0.1, 0.15) is 0 Å². The van der Waals surface area contributed by atoms with Gasteiger partial charge in [-0.25, -0.2) is 4.99 Å². The number of carbonyl (C=O) groups is 1. The van der Waals surface area contributed by atoms with Gasteiger partial charge in [-0.3, -0.25) is 9.69 Å². The van der Waals surface area contributed by atoms with E-state index in [0.717, 1.165) is 38.4 Å². The Bertz CT molecular complexity index is 1600. The molecule has 1 aliphatic heterocycles. The molecule has 0 aromatic heterocycles. The Labute approximate surface area is 214 Å². The van der Waals surface area contributed by atoms with E-state index < -0.39 is 0 Å². The van der Waals surface area contributed by atoms with Gasteiger partial charge in [0.25, 0.3) is 5.91 Å². The van der Waals surface area contributed by atoms with Gasteiger partial charge in [-0.1, -0.05) is 96.6 Å². The van der Waals surface area contributed by atoms with Gasteiger partial charge in [0.2, 0.25) is 0 Å². The third kappa shape index (κ3) is 4.32. The van der Waals surface area contributed by atoms with Crippen molar-refractivity contribution < 1.29 is 4.79 Å². The molecule has 0 atom stereocenters. The molecule has 1 heterocycles. The van der Waals surface area contributed by atoms with E-state index >= 15 is 0 Å². The first-order valence-corrected chi connectivity index (χ1v) is 12.8. The van der Waals surface area contributed by atoms with Crippen molar-refractivity contribution in [3.63, 3.8) is 0 Å². The first-order chi connectivity index (χ1) is 17.7. The van der Waals surface area contributed by atoms with E-state index in [9.17, 15) is 4.79 Å². The van der Waals surface area contributed by atoms with Crippen LogP contribution in [0.25, 0.3) is 27.6 Å². The number of aliphatic imine (C=N–C) groups is 1. The lowest BCUT2D eigenvalue weighted by atomic mass is 9.96. The van der Waals surface area contributed by atoms with Crippen molar-refractivity contribution in [1.29, 1.82) is 0 Å². The van der Waals surface area contributed by atoms with Crippen LogP contribution in [0.4, 0.5) is 5.69 Å². The van der Waals surface area contributed by atoms with Gasteiger partial charge in [-0.05, 0) is 75.6 Å². The highest BCUT2D eigenvalue weighted by atomic mass is 32.2. The molecule has 0 spiro atoms. The van der Waals surface area contributed by atoms with Crippen LogP contribution in [0, 0.1) is 6.92 Å². The Hall–Kier alpha value is -4.15. The number of rotatable bonds is 4. The average molecular weight is 485 g/mol. The van der Waals surface area contributed by atoms with Crippen LogP contribution >= 0.6 is 11.8 Å². The Balaban J connectivity index is 1.48. The van der Waals surface area contributed by atoms with Gasteiger partial charge in [0.05, 0.1) is 17.1 Å². The quantitative estimate of drug-likeness (QED) is 0.191. The molecule has 5 aromatic carbocycles. The lowest BCUT2D eigenvalue weighted by Crippen LogP contribution is -2.28. The molecular formula is C32H24N2OS. The summed E-state index contributed by atoms with van der Waals surface area (Å²) >= 11 is 1.44. The summed E-state index contributed by atoms with van der Waals surface area (Å²) in [5.74, 6) is -0.0215. The predicted molar refractivity (Wildman–Crippen MR) is 152 cm³/mol. The number of thioether (sulfide) groups is 1. The number of nitrogens with zero attached hydrogens (tertiary/aromatic N) is 2. The zero-order valence-corrected chi connectivity index (χ0v) is 20.7. The molecule has 1 fully saturated rings. The van der Waals surface area contributed by atoms with Crippen LogP contribution in [-0.4, -0.2) is 16.0 Å². The standard InChI is InChI=1S/C32H24N2OS/c1-22-15-17-26(18-16-22)33-32-34(21-23-9-3-2-4-10-23)31(35)30(36-32)20-29-27-13-7-5-11-24(27)19-25-12-6-8-14-28(25)29/h2-20H,21H2,1H3/b30-20+,33-32?. The Morgan fingerprint density at radius 1 is 0.778 bits per heavy atom. The molecule has 1 amide bonds. The third-order valence-corrected chi connectivity index (χ3v) is 7.43. The predicted octanol–water partition coefficient (Wildman–Crippen LogP) is 8.11. The first-order valence-electron chi connectivity index (χ1n) is 12.0. The molecule has 0 saturated carbocycles. The van der Waals surface area contributed by atoms with Crippen LogP contribution in [0.5, 0.6) is 0 Å². The van der Waals surface area contributed by atoms with Crippen molar-refractivity contribution in [1.82, 2.24) is 4.90 Å². The van der Waals surface area contributed by atoms with Gasteiger partial charge in [0, 0.05) is 0 Å². The van der Waals surface area contributed by atoms with E-state index in [0.29, 0.717) is 16.6 Å². The van der Waals surface area contributed by atoms with E-state index in [1.54, 1.807) is 4.90 Å². The molecule has 1 aliphatic rings. The molecule has 6 rings (SSSR count). The van der Waals surface area contributed by atoms with Gasteiger partial charge >= 0.3 is 0 Å². The monoisotopic (exact) mass is 484 g/mol. The van der Waals surface area contributed by atoms with Crippen LogP contribution in [0.2, 0.25) is 0 Å². The fourth-order valence-corrected chi connectivity index (χ4v) is 5.54. The largest absolute Gasteiger partial charge is 0.282 e. The molecule has 0 aliphatic carbocycles. The minimum Gasteiger partial charge on any atom is -0.282 e. The first kappa shape index (κ1) is 22.3. The molecule has 0 radical (unpaired) electrons. The molecule has 3 nitrogen and oxygen atoms in total. The van der Waals surface area contributed by atoms with Gasteiger partial charge in [-0.15, -0.1) is 0 Å². The molecule has 0 unspecified atom stereocenters. The number of amidine groups is 1. The lowest BCUT2D eigenvalue weighted by molar-refractivity contribution is -0.122. The lowest BCUT2D eigenvalue weighted by Gasteiger charge is -2.15. The summed E-state index contributed by atoms with van der Waals surface area (Å²) in [4.78, 5) is 21.2. The van der Waals surface area contributed by atoms with Crippen LogP contribution in [0.3, 0.4) is 0 Å². The maximum Gasteiger partial charge on any atom is 0.267 e. The summed E-state index contributed by atoms with van der Waals surface area (Å²) in [5.41, 5.74) is 4.15. The zero-order valence-electron chi connectivity index (χ0n) is 19.9. The highest BCUT2D eigenvalue weighted by molar-refractivity contribution is 8.18. The molecule has 1 saturated heterocycles. The second-order valence-corrected chi connectivity index (χ2v) is 9.96. The third-order valence-electron chi connectivity index (χ3n) is 6.42. The van der Waals surface area contributed by atoms with Crippen LogP contribution < -0.4 is 0 Å². The molecular weight excluding hydrogens is 460 g/mol. The summed E-state index contributed by atoms with van der Waals surface area (Å²) < 4.78 is 0. The number of hydrogen-bond acceptors (Lipinski definition) is 3. The van der Waals surface area contributed by atoms with Gasteiger partial charge in [-0.2, -0.15) is 0 Å². The second-order valence-electron chi connectivity index (χ2n) is 8.95. The highest BCUT2D eigenvalue weighted by Crippen LogP contribution is 2.38. The molecule has 0 bridgehead atoms. The van der Waals surface area contributed by atoms with Gasteiger partial charge in [0.15, 0.2) is 5.17 Å². The van der Waals surface area contributed by atoms with Crippen molar-refractivity contribution in [2.45, 2.75) is 13.5 Å². The van der Waals surface area contributed by atoms with Crippen molar-refractivity contribution >= 4 is 56.1 Å². The number of benzene rings is 5. The van der Waals surface area contributed by atoms with Crippen molar-refractivity contribution in [3.05, 3.63) is 131 Å². The fourth-order valence-electron chi connectivity index (χ4n) is 4.56. The normalized spacial score (nSPS) is 16.0. The van der Waals surface area contributed by atoms with Crippen molar-refractivity contribution in [3.8, 4) is 0 Å². The number of fused-ring (bicyclic) bond motifs is 2. The molecule has 174 valence electrons. The molecule has 4 heteroatoms. The second kappa shape index (κ2) is 9.48. The average Bonchev–Trinajstić information content (AvgIpc) is 3.19. The summed E-state index contributed by atoms with van der Waals surface area (Å²) in [6, 6.07) is 37.1. The smallest absolute Gasteiger partial charge is 0.267 e. The molecule has 5 aromatic rings. The van der Waals surface area contributed by atoms with Crippen LogP contribution in [0.15, 0.2) is 119 Å². The van der Waals surface area contributed by atoms with E-state index in [2.05, 4.69) is 61.5 Å². The molecule has 0 N–H and O–H groups in total. The maximum absolute atomic E-state index is 13.8. The van der Waals surface area contributed by atoms with E-state index in [1.807, 2.05) is 60.7 Å². The minimum absolute atomic E-state index is 0.0215. The van der Waals surface area contributed by atoms with E-state index in [4.69, 9.17) is 4.99 Å². The zero-order chi connectivity index (χ0) is 24.5. The van der Waals surface area contributed by atoms with Crippen LogP contribution in [-0.2, 0) is 11.3 Å². The van der Waals surface area contributed by atoms with E-state index in [1.165, 1.54) is 17.3 Å². The van der Waals surface area contributed by atoms with Crippen molar-refractivity contribution in [2.75, 3.05) is 0 Å². The summed E-state index contributed by atoms with van der Waals surface area (Å²) in [7, 11) is 0. The van der Waals surface area contributed by atoms with Gasteiger partial charge < -0.3 is 0 Å². The Kier molecular flexibility index (Phi) is 5.88. The minimum atomic E-state index is -0.0215. The Morgan fingerprint density at radius 2 is 1.39 bits per heavy atom. The topological polar surface area (TPSA) is 32.7 Å². The Morgan fingerprint density at radius 3 is 2.06 bits per heavy atom. The number of hydrogen-bond donors (Lipinski definition) is 0. The maximum atomic E-state index is 13.8. The number of aryl methyl sites for hydroxylation is 1. The van der Waals surface area contributed by atoms with Crippen molar-refractivity contribution in [2.24, 2.45) is 4.99 Å². The summed E-state index contributed by atoms with van der Waals surface area (Å²) in [6.45, 7) is 2.53. The highest BCUT2D eigenvalue weighted by Gasteiger charge is 2.33. The SMILES string of the molecule is Cc1ccc(N=C2S/C(=C/c3c4ccccc4cc4ccccc34)C(=O)N2Cc2ccccc2)cc1. The van der Waals surface area contributed by atoms with E-state index in [-0.39, 0.29) is 5.91 Å². The number of amides is 1. The molecule has 36 heavy (non-hydrogen) atoms. The van der Waals surface area contributed by atoms with Crippen LogP contribution in [0.1, 0.15) is 16.7 Å².